The third kappa shape index (κ3) is 2.22. The highest BCUT2D eigenvalue weighted by Crippen LogP contribution is 2.11. The SMILES string of the molecule is CCc1c(C)nc(-c2ccnc(C)n2)[nH]c1=O. The third-order valence-electron chi connectivity index (χ3n) is 2.59. The van der Waals surface area contributed by atoms with E-state index in [1.54, 1.807) is 19.2 Å². The molecular formula is C12H14N4O. The van der Waals surface area contributed by atoms with Gasteiger partial charge in [-0.1, -0.05) is 6.92 Å². The maximum Gasteiger partial charge on any atom is 0.254 e. The zero-order valence-corrected chi connectivity index (χ0v) is 10.1. The number of H-pyrrole nitrogens is 1. The summed E-state index contributed by atoms with van der Waals surface area (Å²) in [6, 6.07) is 1.73. The Balaban J connectivity index is 2.58. The van der Waals surface area contributed by atoms with Crippen molar-refractivity contribution in [3.05, 3.63) is 39.7 Å². The fraction of sp³-hybridized carbons (Fsp3) is 0.333. The first-order chi connectivity index (χ1) is 8.11. The number of nitrogens with zero attached hydrogens (tertiary/aromatic N) is 3. The van der Waals surface area contributed by atoms with Gasteiger partial charge in [0.05, 0.1) is 0 Å². The van der Waals surface area contributed by atoms with E-state index in [9.17, 15) is 4.79 Å². The lowest BCUT2D eigenvalue weighted by atomic mass is 10.2. The maximum absolute atomic E-state index is 11.8. The number of aromatic amines is 1. The van der Waals surface area contributed by atoms with E-state index in [0.29, 0.717) is 23.8 Å². The molecule has 0 aliphatic heterocycles. The van der Waals surface area contributed by atoms with Crippen molar-refractivity contribution in [2.45, 2.75) is 27.2 Å². The topological polar surface area (TPSA) is 71.5 Å². The number of hydrogen-bond acceptors (Lipinski definition) is 4. The fourth-order valence-corrected chi connectivity index (χ4v) is 1.74. The van der Waals surface area contributed by atoms with Gasteiger partial charge in [-0.3, -0.25) is 4.79 Å². The minimum atomic E-state index is -0.0914. The standard InChI is InChI=1S/C12H14N4O/c1-4-9-7(2)14-11(16-12(9)17)10-5-6-13-8(3)15-10/h5-6H,4H2,1-3H3,(H,14,16,17). The number of hydrogen-bond donors (Lipinski definition) is 1. The minimum Gasteiger partial charge on any atom is -0.305 e. The van der Waals surface area contributed by atoms with Crippen molar-refractivity contribution in [2.24, 2.45) is 0 Å². The number of aryl methyl sites for hydroxylation is 2. The lowest BCUT2D eigenvalue weighted by molar-refractivity contribution is 0.952. The first-order valence-electron chi connectivity index (χ1n) is 5.51. The van der Waals surface area contributed by atoms with Gasteiger partial charge in [-0.15, -0.1) is 0 Å². The molecule has 0 unspecified atom stereocenters. The molecule has 0 atom stereocenters. The molecule has 5 heteroatoms. The average molecular weight is 230 g/mol. The van der Waals surface area contributed by atoms with E-state index in [0.717, 1.165) is 11.3 Å². The molecule has 0 aliphatic rings. The summed E-state index contributed by atoms with van der Waals surface area (Å²) in [5.41, 5.74) is 2.02. The predicted octanol–water partition coefficient (Wildman–Crippen LogP) is 1.41. The molecule has 17 heavy (non-hydrogen) atoms. The van der Waals surface area contributed by atoms with E-state index in [1.165, 1.54) is 0 Å². The van der Waals surface area contributed by atoms with Crippen molar-refractivity contribution in [2.75, 3.05) is 0 Å². The summed E-state index contributed by atoms with van der Waals surface area (Å²) in [7, 11) is 0. The molecule has 0 saturated heterocycles. The van der Waals surface area contributed by atoms with Crippen LogP contribution in [0.25, 0.3) is 11.5 Å². The predicted molar refractivity (Wildman–Crippen MR) is 64.7 cm³/mol. The normalized spacial score (nSPS) is 10.5. The zero-order chi connectivity index (χ0) is 12.4. The molecule has 0 amide bonds. The number of aromatic nitrogens is 4. The average Bonchev–Trinajstić information content (AvgIpc) is 2.28. The number of nitrogens with one attached hydrogen (secondary N) is 1. The van der Waals surface area contributed by atoms with Crippen LogP contribution in [0.2, 0.25) is 0 Å². The van der Waals surface area contributed by atoms with Gasteiger partial charge in [0, 0.05) is 17.5 Å². The highest BCUT2D eigenvalue weighted by atomic mass is 16.1. The van der Waals surface area contributed by atoms with Gasteiger partial charge in [-0.25, -0.2) is 15.0 Å². The molecule has 0 aromatic carbocycles. The first kappa shape index (κ1) is 11.4. The highest BCUT2D eigenvalue weighted by molar-refractivity contribution is 5.48. The van der Waals surface area contributed by atoms with Crippen LogP contribution in [0.4, 0.5) is 0 Å². The van der Waals surface area contributed by atoms with Crippen LogP contribution in [0, 0.1) is 13.8 Å². The molecule has 0 radical (unpaired) electrons. The second kappa shape index (κ2) is 4.45. The Hall–Kier alpha value is -2.04. The van der Waals surface area contributed by atoms with Crippen LogP contribution in [0.15, 0.2) is 17.1 Å². The second-order valence-electron chi connectivity index (χ2n) is 3.82. The summed E-state index contributed by atoms with van der Waals surface area (Å²) in [6.07, 6.45) is 2.33. The lowest BCUT2D eigenvalue weighted by Gasteiger charge is -2.05. The minimum absolute atomic E-state index is 0.0914. The summed E-state index contributed by atoms with van der Waals surface area (Å²) < 4.78 is 0. The molecule has 0 bridgehead atoms. The van der Waals surface area contributed by atoms with Crippen molar-refractivity contribution >= 4 is 0 Å². The van der Waals surface area contributed by atoms with Gasteiger partial charge in [-0.2, -0.15) is 0 Å². The van der Waals surface area contributed by atoms with Gasteiger partial charge in [0.15, 0.2) is 5.82 Å². The molecule has 2 heterocycles. The molecule has 2 aromatic rings. The smallest absolute Gasteiger partial charge is 0.254 e. The summed E-state index contributed by atoms with van der Waals surface area (Å²) >= 11 is 0. The van der Waals surface area contributed by atoms with Gasteiger partial charge in [0.2, 0.25) is 0 Å². The molecule has 0 spiro atoms. The molecule has 0 fully saturated rings. The Morgan fingerprint density at radius 2 is 2.06 bits per heavy atom. The van der Waals surface area contributed by atoms with Crippen LogP contribution in [-0.4, -0.2) is 19.9 Å². The molecule has 0 saturated carbocycles. The highest BCUT2D eigenvalue weighted by Gasteiger charge is 2.08. The van der Waals surface area contributed by atoms with Gasteiger partial charge >= 0.3 is 0 Å². The van der Waals surface area contributed by atoms with Crippen molar-refractivity contribution in [1.29, 1.82) is 0 Å². The molecule has 1 N–H and O–H groups in total. The van der Waals surface area contributed by atoms with Crippen LogP contribution in [0.1, 0.15) is 24.0 Å². The first-order valence-corrected chi connectivity index (χ1v) is 5.51. The van der Waals surface area contributed by atoms with Gasteiger partial charge in [0.25, 0.3) is 5.56 Å². The summed E-state index contributed by atoms with van der Waals surface area (Å²) in [4.78, 5) is 27.2. The van der Waals surface area contributed by atoms with Crippen LogP contribution in [0.3, 0.4) is 0 Å². The Kier molecular flexibility index (Phi) is 2.99. The van der Waals surface area contributed by atoms with Crippen LogP contribution >= 0.6 is 0 Å². The summed E-state index contributed by atoms with van der Waals surface area (Å²) in [5, 5.41) is 0. The Morgan fingerprint density at radius 3 is 2.65 bits per heavy atom. The van der Waals surface area contributed by atoms with Crippen molar-refractivity contribution < 1.29 is 0 Å². The number of rotatable bonds is 2. The third-order valence-corrected chi connectivity index (χ3v) is 2.59. The van der Waals surface area contributed by atoms with E-state index in [2.05, 4.69) is 19.9 Å². The maximum atomic E-state index is 11.8. The quantitative estimate of drug-likeness (QED) is 0.846. The van der Waals surface area contributed by atoms with E-state index in [4.69, 9.17) is 0 Å². The fourth-order valence-electron chi connectivity index (χ4n) is 1.74. The van der Waals surface area contributed by atoms with E-state index < -0.39 is 0 Å². The largest absolute Gasteiger partial charge is 0.305 e. The van der Waals surface area contributed by atoms with Gasteiger partial charge in [-0.05, 0) is 26.3 Å². The second-order valence-corrected chi connectivity index (χ2v) is 3.82. The Morgan fingerprint density at radius 1 is 1.29 bits per heavy atom. The van der Waals surface area contributed by atoms with Crippen molar-refractivity contribution in [3.63, 3.8) is 0 Å². The van der Waals surface area contributed by atoms with Crippen LogP contribution in [-0.2, 0) is 6.42 Å². The molecule has 2 aromatic heterocycles. The summed E-state index contributed by atoms with van der Waals surface area (Å²) in [6.45, 7) is 5.58. The monoisotopic (exact) mass is 230 g/mol. The lowest BCUT2D eigenvalue weighted by Crippen LogP contribution is -2.17. The van der Waals surface area contributed by atoms with Gasteiger partial charge in [0.1, 0.15) is 11.5 Å². The van der Waals surface area contributed by atoms with E-state index >= 15 is 0 Å². The Bertz CT molecular complexity index is 604. The zero-order valence-electron chi connectivity index (χ0n) is 10.1. The molecule has 0 aliphatic carbocycles. The molecule has 5 nitrogen and oxygen atoms in total. The molecule has 2 rings (SSSR count). The van der Waals surface area contributed by atoms with Crippen molar-refractivity contribution in [1.82, 2.24) is 19.9 Å². The van der Waals surface area contributed by atoms with E-state index in [-0.39, 0.29) is 5.56 Å². The molecular weight excluding hydrogens is 216 g/mol. The van der Waals surface area contributed by atoms with Crippen LogP contribution < -0.4 is 5.56 Å². The Labute approximate surface area is 99.0 Å². The van der Waals surface area contributed by atoms with E-state index in [1.807, 2.05) is 13.8 Å². The van der Waals surface area contributed by atoms with Crippen LogP contribution in [0.5, 0.6) is 0 Å². The van der Waals surface area contributed by atoms with Gasteiger partial charge < -0.3 is 4.98 Å². The molecule has 88 valence electrons. The summed E-state index contributed by atoms with van der Waals surface area (Å²) in [5.74, 6) is 1.15. The van der Waals surface area contributed by atoms with Crippen molar-refractivity contribution in [3.8, 4) is 11.5 Å².